The number of phenols is 1. The van der Waals surface area contributed by atoms with E-state index in [-0.39, 0.29) is 11.7 Å². The molecule has 2 aromatic carbocycles. The Morgan fingerprint density at radius 3 is 2.25 bits per heavy atom. The van der Waals surface area contributed by atoms with Crippen LogP contribution in [0.25, 0.3) is 0 Å². The van der Waals surface area contributed by atoms with Crippen molar-refractivity contribution in [1.82, 2.24) is 0 Å². The zero-order valence-corrected chi connectivity index (χ0v) is 11.8. The van der Waals surface area contributed by atoms with Crippen LogP contribution in [-0.2, 0) is 0 Å². The maximum Gasteiger partial charge on any atom is 0.255 e. The Morgan fingerprint density at radius 1 is 1.10 bits per heavy atom. The Balaban J connectivity index is 2.07. The van der Waals surface area contributed by atoms with Gasteiger partial charge in [0.1, 0.15) is 5.75 Å². The maximum atomic E-state index is 12.1. The van der Waals surface area contributed by atoms with Gasteiger partial charge in [0.2, 0.25) is 0 Å². The number of phenolic OH excluding ortho intramolecular Hbond substituents is 1. The third-order valence-electron chi connectivity index (χ3n) is 3.48. The standard InChI is InChI=1S/C17H19NO2/c1-3-12(2)13-4-6-14(7-5-13)17(20)18-15-8-10-16(19)11-9-15/h4-12,19H,3H2,1-2H3,(H,18,20). The summed E-state index contributed by atoms with van der Waals surface area (Å²) < 4.78 is 0. The van der Waals surface area contributed by atoms with Gasteiger partial charge in [0, 0.05) is 11.3 Å². The smallest absolute Gasteiger partial charge is 0.255 e. The average molecular weight is 269 g/mol. The van der Waals surface area contributed by atoms with E-state index in [4.69, 9.17) is 0 Å². The van der Waals surface area contributed by atoms with Crippen molar-refractivity contribution in [3.05, 3.63) is 59.7 Å². The highest BCUT2D eigenvalue weighted by Gasteiger charge is 2.08. The number of amides is 1. The number of carbonyl (C=O) groups excluding carboxylic acids is 1. The van der Waals surface area contributed by atoms with Crippen LogP contribution >= 0.6 is 0 Å². The van der Waals surface area contributed by atoms with Crippen molar-refractivity contribution in [3.8, 4) is 5.75 Å². The van der Waals surface area contributed by atoms with Crippen LogP contribution in [0.4, 0.5) is 5.69 Å². The molecule has 0 bridgehead atoms. The highest BCUT2D eigenvalue weighted by Crippen LogP contribution is 2.19. The number of benzene rings is 2. The Bertz CT molecular complexity index is 573. The van der Waals surface area contributed by atoms with Gasteiger partial charge in [-0.25, -0.2) is 0 Å². The molecule has 1 atom stereocenters. The first-order valence-electron chi connectivity index (χ1n) is 6.80. The second-order valence-corrected chi connectivity index (χ2v) is 4.93. The first-order valence-corrected chi connectivity index (χ1v) is 6.80. The number of nitrogens with one attached hydrogen (secondary N) is 1. The lowest BCUT2D eigenvalue weighted by Gasteiger charge is -2.10. The van der Waals surface area contributed by atoms with Crippen molar-refractivity contribution in [3.63, 3.8) is 0 Å². The van der Waals surface area contributed by atoms with Gasteiger partial charge < -0.3 is 10.4 Å². The van der Waals surface area contributed by atoms with Gasteiger partial charge in [0.15, 0.2) is 0 Å². The third-order valence-corrected chi connectivity index (χ3v) is 3.48. The van der Waals surface area contributed by atoms with Gasteiger partial charge in [0.25, 0.3) is 5.91 Å². The van der Waals surface area contributed by atoms with Crippen molar-refractivity contribution in [1.29, 1.82) is 0 Å². The van der Waals surface area contributed by atoms with E-state index < -0.39 is 0 Å². The van der Waals surface area contributed by atoms with Crippen LogP contribution in [0.1, 0.15) is 42.1 Å². The summed E-state index contributed by atoms with van der Waals surface area (Å²) in [5.41, 5.74) is 2.54. The molecule has 3 heteroatoms. The monoisotopic (exact) mass is 269 g/mol. The lowest BCUT2D eigenvalue weighted by Crippen LogP contribution is -2.11. The van der Waals surface area contributed by atoms with Gasteiger partial charge in [0.05, 0.1) is 0 Å². The fraction of sp³-hybridized carbons (Fsp3) is 0.235. The number of rotatable bonds is 4. The van der Waals surface area contributed by atoms with E-state index >= 15 is 0 Å². The van der Waals surface area contributed by atoms with Crippen LogP contribution in [0.15, 0.2) is 48.5 Å². The molecular formula is C17H19NO2. The number of carbonyl (C=O) groups is 1. The van der Waals surface area contributed by atoms with Crippen LogP contribution in [0.2, 0.25) is 0 Å². The molecule has 0 aliphatic rings. The minimum absolute atomic E-state index is 0.147. The number of hydrogen-bond donors (Lipinski definition) is 2. The van der Waals surface area contributed by atoms with E-state index in [9.17, 15) is 9.90 Å². The molecule has 1 amide bonds. The predicted molar refractivity (Wildman–Crippen MR) is 81.2 cm³/mol. The van der Waals surface area contributed by atoms with Crippen molar-refractivity contribution in [2.24, 2.45) is 0 Å². The fourth-order valence-corrected chi connectivity index (χ4v) is 1.95. The van der Waals surface area contributed by atoms with E-state index in [1.54, 1.807) is 24.3 Å². The largest absolute Gasteiger partial charge is 0.508 e. The zero-order valence-electron chi connectivity index (χ0n) is 11.8. The normalized spacial score (nSPS) is 11.9. The summed E-state index contributed by atoms with van der Waals surface area (Å²) in [6, 6.07) is 14.1. The lowest BCUT2D eigenvalue weighted by atomic mass is 9.97. The highest BCUT2D eigenvalue weighted by atomic mass is 16.3. The number of hydrogen-bond acceptors (Lipinski definition) is 2. The highest BCUT2D eigenvalue weighted by molar-refractivity contribution is 6.04. The Kier molecular flexibility index (Phi) is 4.41. The second kappa shape index (κ2) is 6.24. The number of aromatic hydroxyl groups is 1. The van der Waals surface area contributed by atoms with Crippen molar-refractivity contribution in [2.75, 3.05) is 5.32 Å². The summed E-state index contributed by atoms with van der Waals surface area (Å²) in [4.78, 5) is 12.1. The first kappa shape index (κ1) is 14.1. The van der Waals surface area contributed by atoms with E-state index in [0.29, 0.717) is 17.2 Å². The molecule has 0 heterocycles. The van der Waals surface area contributed by atoms with Gasteiger partial charge in [-0.3, -0.25) is 4.79 Å². The summed E-state index contributed by atoms with van der Waals surface area (Å²) in [5.74, 6) is 0.538. The van der Waals surface area contributed by atoms with Crippen LogP contribution in [-0.4, -0.2) is 11.0 Å². The zero-order chi connectivity index (χ0) is 14.5. The van der Waals surface area contributed by atoms with Crippen LogP contribution in [0, 0.1) is 0 Å². The molecule has 104 valence electrons. The molecule has 0 fully saturated rings. The van der Waals surface area contributed by atoms with Crippen molar-refractivity contribution >= 4 is 11.6 Å². The molecule has 0 aliphatic heterocycles. The molecule has 0 radical (unpaired) electrons. The molecule has 0 saturated heterocycles. The summed E-state index contributed by atoms with van der Waals surface area (Å²) in [7, 11) is 0. The van der Waals surface area contributed by atoms with Gasteiger partial charge in [-0.1, -0.05) is 26.0 Å². The SMILES string of the molecule is CCC(C)c1ccc(C(=O)Nc2ccc(O)cc2)cc1. The summed E-state index contributed by atoms with van der Waals surface area (Å²) in [6.07, 6.45) is 1.08. The van der Waals surface area contributed by atoms with E-state index in [2.05, 4.69) is 19.2 Å². The van der Waals surface area contributed by atoms with E-state index in [1.165, 1.54) is 5.56 Å². The maximum absolute atomic E-state index is 12.1. The molecule has 2 aromatic rings. The van der Waals surface area contributed by atoms with Crippen LogP contribution < -0.4 is 5.32 Å². The van der Waals surface area contributed by atoms with Crippen molar-refractivity contribution < 1.29 is 9.90 Å². The van der Waals surface area contributed by atoms with Gasteiger partial charge in [-0.2, -0.15) is 0 Å². The molecule has 2 N–H and O–H groups in total. The van der Waals surface area contributed by atoms with Crippen LogP contribution in [0.5, 0.6) is 5.75 Å². The minimum atomic E-state index is -0.147. The Hall–Kier alpha value is -2.29. The average Bonchev–Trinajstić information content (AvgIpc) is 2.49. The lowest BCUT2D eigenvalue weighted by molar-refractivity contribution is 0.102. The Labute approximate surface area is 119 Å². The third kappa shape index (κ3) is 3.38. The molecule has 1 unspecified atom stereocenters. The topological polar surface area (TPSA) is 49.3 Å². The van der Waals surface area contributed by atoms with Gasteiger partial charge >= 0.3 is 0 Å². The molecule has 0 aromatic heterocycles. The summed E-state index contributed by atoms with van der Waals surface area (Å²) >= 11 is 0. The second-order valence-electron chi connectivity index (χ2n) is 4.93. The van der Waals surface area contributed by atoms with Crippen molar-refractivity contribution in [2.45, 2.75) is 26.2 Å². The number of anilines is 1. The Morgan fingerprint density at radius 2 is 1.70 bits per heavy atom. The molecule has 2 rings (SSSR count). The fourth-order valence-electron chi connectivity index (χ4n) is 1.95. The predicted octanol–water partition coefficient (Wildman–Crippen LogP) is 4.16. The van der Waals surface area contributed by atoms with Crippen LogP contribution in [0.3, 0.4) is 0 Å². The molecule has 0 saturated carbocycles. The minimum Gasteiger partial charge on any atom is -0.508 e. The van der Waals surface area contributed by atoms with E-state index in [0.717, 1.165) is 6.42 Å². The molecule has 0 aliphatic carbocycles. The first-order chi connectivity index (χ1) is 9.60. The quantitative estimate of drug-likeness (QED) is 0.819. The molecular weight excluding hydrogens is 250 g/mol. The van der Waals surface area contributed by atoms with Gasteiger partial charge in [-0.15, -0.1) is 0 Å². The molecule has 0 spiro atoms. The van der Waals surface area contributed by atoms with E-state index in [1.807, 2.05) is 24.3 Å². The summed E-state index contributed by atoms with van der Waals surface area (Å²) in [6.45, 7) is 4.32. The molecule has 20 heavy (non-hydrogen) atoms. The summed E-state index contributed by atoms with van der Waals surface area (Å²) in [5, 5.41) is 12.0. The van der Waals surface area contributed by atoms with Gasteiger partial charge in [-0.05, 0) is 54.3 Å². The molecule has 3 nitrogen and oxygen atoms in total.